The molecule has 0 spiro atoms. The maximum absolute atomic E-state index is 12.7. The second-order valence-electron chi connectivity index (χ2n) is 4.70. The van der Waals surface area contributed by atoms with Gasteiger partial charge in [0.1, 0.15) is 10.7 Å². The molecule has 2 aromatic heterocycles. The first kappa shape index (κ1) is 15.8. The summed E-state index contributed by atoms with van der Waals surface area (Å²) in [4.78, 5) is 6.80. The fraction of sp³-hybridized carbons (Fsp3) is 0.231. The smallest absolute Gasteiger partial charge is 0.272 e. The third kappa shape index (κ3) is 2.78. The molecule has 0 aliphatic carbocycles. The highest BCUT2D eigenvalue weighted by molar-refractivity contribution is 7.14. The number of hydrogen-bond donors (Lipinski definition) is 0. The quantitative estimate of drug-likeness (QED) is 0.588. The average molecular weight is 351 g/mol. The number of hydrogen-bond acceptors (Lipinski definition) is 3. The molecule has 0 N–H and O–H groups in total. The second-order valence-corrected chi connectivity index (χ2v) is 5.71. The fourth-order valence-electron chi connectivity index (χ4n) is 2.12. The van der Waals surface area contributed by atoms with E-state index in [1.807, 2.05) is 0 Å². The Bertz CT molecular complexity index is 874. The van der Waals surface area contributed by atoms with Crippen molar-refractivity contribution in [2.24, 2.45) is 0 Å². The van der Waals surface area contributed by atoms with Crippen LogP contribution in [0.15, 0.2) is 24.4 Å². The molecule has 0 radical (unpaired) electrons. The van der Waals surface area contributed by atoms with Gasteiger partial charge in [-0.2, -0.15) is 26.3 Å². The number of halogens is 6. The van der Waals surface area contributed by atoms with E-state index in [4.69, 9.17) is 0 Å². The van der Waals surface area contributed by atoms with Gasteiger partial charge in [-0.25, -0.2) is 9.97 Å². The average Bonchev–Trinajstić information content (AvgIpc) is 2.98. The molecule has 0 amide bonds. The standard InChI is InChI=1S/C13H7F6N3S/c1-6-21-8-4-7(12(14,15)16)2-3-9(8)22(6)11-20-5-10(23-11)13(17,18)19/h2-5H,1H3. The summed E-state index contributed by atoms with van der Waals surface area (Å²) in [5.41, 5.74) is -0.565. The number of aromatic nitrogens is 3. The Hall–Kier alpha value is -2.10. The Kier molecular flexibility index (Phi) is 3.40. The van der Waals surface area contributed by atoms with Crippen LogP contribution in [-0.4, -0.2) is 14.5 Å². The molecule has 1 aromatic carbocycles. The molecule has 0 atom stereocenters. The first-order valence-electron chi connectivity index (χ1n) is 6.17. The lowest BCUT2D eigenvalue weighted by atomic mass is 10.2. The second kappa shape index (κ2) is 4.95. The van der Waals surface area contributed by atoms with Crippen molar-refractivity contribution in [1.82, 2.24) is 14.5 Å². The van der Waals surface area contributed by atoms with Crippen molar-refractivity contribution in [2.75, 3.05) is 0 Å². The van der Waals surface area contributed by atoms with E-state index in [0.29, 0.717) is 17.5 Å². The minimum absolute atomic E-state index is 0.00270. The van der Waals surface area contributed by atoms with Crippen LogP contribution in [0.3, 0.4) is 0 Å². The van der Waals surface area contributed by atoms with Crippen LogP contribution >= 0.6 is 11.3 Å². The Labute approximate surface area is 129 Å². The summed E-state index contributed by atoms with van der Waals surface area (Å²) < 4.78 is 77.4. The number of benzene rings is 1. The van der Waals surface area contributed by atoms with Gasteiger partial charge >= 0.3 is 12.4 Å². The van der Waals surface area contributed by atoms with Crippen LogP contribution in [-0.2, 0) is 12.4 Å². The van der Waals surface area contributed by atoms with Crippen molar-refractivity contribution in [3.63, 3.8) is 0 Å². The summed E-state index contributed by atoms with van der Waals surface area (Å²) in [5.74, 6) is 0.252. The van der Waals surface area contributed by atoms with Crippen molar-refractivity contribution >= 4 is 22.4 Å². The Morgan fingerprint density at radius 2 is 1.74 bits per heavy atom. The first-order chi connectivity index (χ1) is 10.6. The zero-order chi connectivity index (χ0) is 17.0. The normalized spacial score (nSPS) is 13.0. The zero-order valence-corrected chi connectivity index (χ0v) is 12.1. The minimum Gasteiger partial charge on any atom is -0.272 e. The van der Waals surface area contributed by atoms with E-state index in [9.17, 15) is 26.3 Å². The van der Waals surface area contributed by atoms with Crippen LogP contribution in [0, 0.1) is 6.92 Å². The van der Waals surface area contributed by atoms with Gasteiger partial charge in [-0.3, -0.25) is 4.57 Å². The van der Waals surface area contributed by atoms with Gasteiger partial charge in [0.15, 0.2) is 5.13 Å². The van der Waals surface area contributed by atoms with Crippen molar-refractivity contribution in [3.8, 4) is 5.13 Å². The van der Waals surface area contributed by atoms with Gasteiger partial charge in [-0.15, -0.1) is 0 Å². The number of imidazole rings is 1. The SMILES string of the molecule is Cc1nc2cc(C(F)(F)F)ccc2n1-c1ncc(C(F)(F)F)s1. The summed E-state index contributed by atoms with van der Waals surface area (Å²) in [7, 11) is 0. The van der Waals surface area contributed by atoms with Crippen LogP contribution in [0.2, 0.25) is 0 Å². The van der Waals surface area contributed by atoms with Gasteiger partial charge in [-0.05, 0) is 25.1 Å². The largest absolute Gasteiger partial charge is 0.427 e. The van der Waals surface area contributed by atoms with Crippen LogP contribution < -0.4 is 0 Å². The number of alkyl halides is 6. The van der Waals surface area contributed by atoms with Gasteiger partial charge in [0.25, 0.3) is 0 Å². The summed E-state index contributed by atoms with van der Waals surface area (Å²) in [6.45, 7) is 1.49. The van der Waals surface area contributed by atoms with E-state index in [1.54, 1.807) is 0 Å². The van der Waals surface area contributed by atoms with Crippen LogP contribution in [0.25, 0.3) is 16.2 Å². The molecule has 0 fully saturated rings. The Morgan fingerprint density at radius 3 is 2.30 bits per heavy atom. The van der Waals surface area contributed by atoms with E-state index < -0.39 is 22.8 Å². The molecule has 10 heteroatoms. The topological polar surface area (TPSA) is 30.7 Å². The third-order valence-electron chi connectivity index (χ3n) is 3.11. The molecule has 122 valence electrons. The lowest BCUT2D eigenvalue weighted by molar-refractivity contribution is -0.137. The van der Waals surface area contributed by atoms with Crippen LogP contribution in [0.5, 0.6) is 0 Å². The predicted molar refractivity (Wildman–Crippen MR) is 71.5 cm³/mol. The Balaban J connectivity index is 2.15. The predicted octanol–water partition coefficient (Wildman–Crippen LogP) is 4.83. The molecule has 0 bridgehead atoms. The number of nitrogens with zero attached hydrogens (tertiary/aromatic N) is 3. The van der Waals surface area contributed by atoms with Gasteiger partial charge in [0.05, 0.1) is 22.8 Å². The number of aryl methyl sites for hydroxylation is 1. The van der Waals surface area contributed by atoms with Crippen molar-refractivity contribution in [2.45, 2.75) is 19.3 Å². The van der Waals surface area contributed by atoms with Crippen molar-refractivity contribution < 1.29 is 26.3 Å². The van der Waals surface area contributed by atoms with Crippen molar-refractivity contribution in [1.29, 1.82) is 0 Å². The van der Waals surface area contributed by atoms with E-state index in [2.05, 4.69) is 9.97 Å². The molecule has 3 nitrogen and oxygen atoms in total. The molecule has 2 heterocycles. The lowest BCUT2D eigenvalue weighted by Gasteiger charge is -2.06. The molecule has 3 aromatic rings. The van der Waals surface area contributed by atoms with E-state index in [0.717, 1.165) is 12.1 Å². The van der Waals surface area contributed by atoms with Gasteiger partial charge in [0.2, 0.25) is 0 Å². The van der Waals surface area contributed by atoms with E-state index >= 15 is 0 Å². The summed E-state index contributed by atoms with van der Waals surface area (Å²) in [6, 6.07) is 2.89. The molecule has 23 heavy (non-hydrogen) atoms. The summed E-state index contributed by atoms with van der Waals surface area (Å²) in [5, 5.41) is -0.00270. The van der Waals surface area contributed by atoms with E-state index in [-0.39, 0.29) is 22.0 Å². The first-order valence-corrected chi connectivity index (χ1v) is 6.99. The lowest BCUT2D eigenvalue weighted by Crippen LogP contribution is -2.04. The molecule has 0 saturated carbocycles. The van der Waals surface area contributed by atoms with Crippen LogP contribution in [0.4, 0.5) is 26.3 Å². The maximum Gasteiger partial charge on any atom is 0.427 e. The van der Waals surface area contributed by atoms with E-state index in [1.165, 1.54) is 17.6 Å². The monoisotopic (exact) mass is 351 g/mol. The minimum atomic E-state index is -4.52. The zero-order valence-electron chi connectivity index (χ0n) is 11.3. The highest BCUT2D eigenvalue weighted by Gasteiger charge is 2.34. The highest BCUT2D eigenvalue weighted by atomic mass is 32.1. The Morgan fingerprint density at radius 1 is 1.04 bits per heavy atom. The third-order valence-corrected chi connectivity index (χ3v) is 4.14. The maximum atomic E-state index is 12.7. The number of rotatable bonds is 1. The molecule has 0 unspecified atom stereocenters. The fourth-order valence-corrected chi connectivity index (χ4v) is 2.96. The highest BCUT2D eigenvalue weighted by Crippen LogP contribution is 2.36. The van der Waals surface area contributed by atoms with Gasteiger partial charge in [0, 0.05) is 0 Å². The molecule has 0 aliphatic heterocycles. The molecule has 0 aliphatic rings. The summed E-state index contributed by atoms with van der Waals surface area (Å²) >= 11 is 0.401. The molecular weight excluding hydrogens is 344 g/mol. The molecule has 3 rings (SSSR count). The van der Waals surface area contributed by atoms with Crippen molar-refractivity contribution in [3.05, 3.63) is 40.7 Å². The summed E-state index contributed by atoms with van der Waals surface area (Å²) in [6.07, 6.45) is -8.35. The molecule has 0 saturated heterocycles. The van der Waals surface area contributed by atoms with Gasteiger partial charge in [-0.1, -0.05) is 11.3 Å². The van der Waals surface area contributed by atoms with Crippen LogP contribution in [0.1, 0.15) is 16.3 Å². The number of thiazole rings is 1. The molecular formula is C13H7F6N3S. The van der Waals surface area contributed by atoms with Gasteiger partial charge < -0.3 is 0 Å². The number of fused-ring (bicyclic) bond motifs is 1.